The summed E-state index contributed by atoms with van der Waals surface area (Å²) in [6.45, 7) is 2.14. The highest BCUT2D eigenvalue weighted by Gasteiger charge is 2.22. The van der Waals surface area contributed by atoms with Crippen LogP contribution < -0.4 is 5.73 Å². The molecule has 0 amide bonds. The first-order valence-corrected chi connectivity index (χ1v) is 7.30. The van der Waals surface area contributed by atoms with Gasteiger partial charge in [-0.05, 0) is 37.1 Å². The lowest BCUT2D eigenvalue weighted by molar-refractivity contribution is 0.573. The topological polar surface area (TPSA) is 38.9 Å². The normalized spacial score (nSPS) is 19.8. The lowest BCUT2D eigenvalue weighted by Crippen LogP contribution is -2.15. The van der Waals surface area contributed by atoms with Gasteiger partial charge in [-0.15, -0.1) is 11.3 Å². The van der Waals surface area contributed by atoms with Gasteiger partial charge in [0, 0.05) is 21.9 Å². The Labute approximate surface area is 103 Å². The molecule has 0 saturated heterocycles. The second kappa shape index (κ2) is 3.95. The fourth-order valence-electron chi connectivity index (χ4n) is 2.15. The SMILES string of the molecule is Cc1cscc1-c1nc2c(s1)C(N)CCC2. The molecule has 1 atom stereocenters. The Morgan fingerprint density at radius 1 is 1.44 bits per heavy atom. The van der Waals surface area contributed by atoms with Crippen LogP contribution >= 0.6 is 22.7 Å². The highest BCUT2D eigenvalue weighted by atomic mass is 32.1. The van der Waals surface area contributed by atoms with Crippen molar-refractivity contribution in [2.45, 2.75) is 32.2 Å². The van der Waals surface area contributed by atoms with Gasteiger partial charge in [-0.2, -0.15) is 11.3 Å². The van der Waals surface area contributed by atoms with Crippen LogP contribution in [0.15, 0.2) is 10.8 Å². The van der Waals surface area contributed by atoms with Crippen molar-refractivity contribution in [3.05, 3.63) is 26.9 Å². The van der Waals surface area contributed by atoms with Crippen LogP contribution in [0.4, 0.5) is 0 Å². The zero-order chi connectivity index (χ0) is 11.1. The van der Waals surface area contributed by atoms with Crippen molar-refractivity contribution in [2.24, 2.45) is 5.73 Å². The molecule has 2 nitrogen and oxygen atoms in total. The van der Waals surface area contributed by atoms with Crippen LogP contribution in [0.2, 0.25) is 0 Å². The van der Waals surface area contributed by atoms with Crippen LogP contribution in [0.3, 0.4) is 0 Å². The quantitative estimate of drug-likeness (QED) is 0.841. The van der Waals surface area contributed by atoms with E-state index in [4.69, 9.17) is 10.7 Å². The summed E-state index contributed by atoms with van der Waals surface area (Å²) in [5.41, 5.74) is 9.98. The number of hydrogen-bond acceptors (Lipinski definition) is 4. The molecular formula is C12H14N2S2. The number of rotatable bonds is 1. The van der Waals surface area contributed by atoms with Gasteiger partial charge < -0.3 is 5.73 Å². The third kappa shape index (κ3) is 1.61. The number of aromatic nitrogens is 1. The number of aryl methyl sites for hydroxylation is 2. The Hall–Kier alpha value is -0.710. The van der Waals surface area contributed by atoms with Gasteiger partial charge in [0.15, 0.2) is 0 Å². The lowest BCUT2D eigenvalue weighted by Gasteiger charge is -2.15. The smallest absolute Gasteiger partial charge is 0.125 e. The molecule has 3 rings (SSSR count). The number of thiophene rings is 1. The third-order valence-corrected chi connectivity index (χ3v) is 5.20. The summed E-state index contributed by atoms with van der Waals surface area (Å²) in [5, 5.41) is 5.52. The summed E-state index contributed by atoms with van der Waals surface area (Å²) >= 11 is 3.53. The molecule has 1 unspecified atom stereocenters. The van der Waals surface area contributed by atoms with E-state index in [0.717, 1.165) is 17.8 Å². The molecule has 0 aliphatic heterocycles. The molecule has 2 N–H and O–H groups in total. The summed E-state index contributed by atoms with van der Waals surface area (Å²) in [4.78, 5) is 6.06. The molecule has 0 spiro atoms. The maximum absolute atomic E-state index is 6.12. The van der Waals surface area contributed by atoms with E-state index in [1.165, 1.54) is 28.1 Å². The molecule has 0 aromatic carbocycles. The number of fused-ring (bicyclic) bond motifs is 1. The van der Waals surface area contributed by atoms with Crippen molar-refractivity contribution in [1.29, 1.82) is 0 Å². The molecule has 0 saturated carbocycles. The fourth-order valence-corrected chi connectivity index (χ4v) is 4.28. The van der Waals surface area contributed by atoms with Crippen molar-refractivity contribution >= 4 is 22.7 Å². The standard InChI is InChI=1S/C12H14N2S2/c1-7-5-15-6-8(7)12-14-10-4-2-3-9(13)11(10)16-12/h5-6,9H,2-4,13H2,1H3. The van der Waals surface area contributed by atoms with Crippen LogP contribution in [0.5, 0.6) is 0 Å². The highest BCUT2D eigenvalue weighted by Crippen LogP contribution is 2.38. The van der Waals surface area contributed by atoms with E-state index in [2.05, 4.69) is 17.7 Å². The minimum atomic E-state index is 0.217. The summed E-state index contributed by atoms with van der Waals surface area (Å²) in [6, 6.07) is 0.217. The Kier molecular flexibility index (Phi) is 2.58. The molecule has 0 bridgehead atoms. The Morgan fingerprint density at radius 3 is 3.00 bits per heavy atom. The first-order chi connectivity index (χ1) is 7.75. The predicted octanol–water partition coefficient (Wildman–Crippen LogP) is 3.52. The number of thiazole rings is 1. The monoisotopic (exact) mass is 250 g/mol. The molecule has 84 valence electrons. The van der Waals surface area contributed by atoms with Crippen molar-refractivity contribution < 1.29 is 0 Å². The van der Waals surface area contributed by atoms with Crippen LogP contribution in [0.25, 0.3) is 10.6 Å². The average Bonchev–Trinajstić information content (AvgIpc) is 2.84. The molecule has 2 heterocycles. The van der Waals surface area contributed by atoms with Crippen molar-refractivity contribution in [1.82, 2.24) is 4.98 Å². The average molecular weight is 250 g/mol. The second-order valence-corrected chi connectivity index (χ2v) is 6.07. The van der Waals surface area contributed by atoms with Gasteiger partial charge in [-0.1, -0.05) is 0 Å². The number of nitrogens with two attached hydrogens (primary N) is 1. The molecule has 1 aliphatic carbocycles. The third-order valence-electron chi connectivity index (χ3n) is 3.08. The van der Waals surface area contributed by atoms with E-state index in [-0.39, 0.29) is 6.04 Å². The largest absolute Gasteiger partial charge is 0.323 e. The molecule has 0 radical (unpaired) electrons. The van der Waals surface area contributed by atoms with E-state index >= 15 is 0 Å². The van der Waals surface area contributed by atoms with Crippen molar-refractivity contribution in [2.75, 3.05) is 0 Å². The van der Waals surface area contributed by atoms with E-state index in [0.29, 0.717) is 0 Å². The predicted molar refractivity (Wildman–Crippen MR) is 70.0 cm³/mol. The van der Waals surface area contributed by atoms with Crippen molar-refractivity contribution in [3.8, 4) is 10.6 Å². The second-order valence-electron chi connectivity index (χ2n) is 4.30. The number of nitrogens with zero attached hydrogens (tertiary/aromatic N) is 1. The Bertz CT molecular complexity index is 513. The molecule has 4 heteroatoms. The molecule has 1 aliphatic rings. The van der Waals surface area contributed by atoms with Crippen LogP contribution in [0.1, 0.15) is 35.0 Å². The van der Waals surface area contributed by atoms with Crippen LogP contribution in [0, 0.1) is 6.92 Å². The van der Waals surface area contributed by atoms with E-state index in [1.807, 2.05) is 0 Å². The van der Waals surface area contributed by atoms with Gasteiger partial charge >= 0.3 is 0 Å². The first-order valence-electron chi connectivity index (χ1n) is 5.54. The van der Waals surface area contributed by atoms with Crippen LogP contribution in [-0.4, -0.2) is 4.98 Å². The van der Waals surface area contributed by atoms with Gasteiger partial charge in [0.25, 0.3) is 0 Å². The molecule has 2 aromatic rings. The van der Waals surface area contributed by atoms with Crippen molar-refractivity contribution in [3.63, 3.8) is 0 Å². The van der Waals surface area contributed by atoms with Gasteiger partial charge in [-0.3, -0.25) is 0 Å². The Balaban J connectivity index is 2.08. The lowest BCUT2D eigenvalue weighted by atomic mass is 9.99. The van der Waals surface area contributed by atoms with Crippen LogP contribution in [-0.2, 0) is 6.42 Å². The van der Waals surface area contributed by atoms with E-state index in [9.17, 15) is 0 Å². The number of hydrogen-bond donors (Lipinski definition) is 1. The van der Waals surface area contributed by atoms with Gasteiger partial charge in [-0.25, -0.2) is 4.98 Å². The van der Waals surface area contributed by atoms with Gasteiger partial charge in [0.05, 0.1) is 5.69 Å². The zero-order valence-electron chi connectivity index (χ0n) is 9.19. The van der Waals surface area contributed by atoms with E-state index < -0.39 is 0 Å². The minimum Gasteiger partial charge on any atom is -0.323 e. The molecular weight excluding hydrogens is 236 g/mol. The maximum Gasteiger partial charge on any atom is 0.125 e. The first kappa shape index (κ1) is 10.4. The molecule has 2 aromatic heterocycles. The van der Waals surface area contributed by atoms with Gasteiger partial charge in [0.2, 0.25) is 0 Å². The van der Waals surface area contributed by atoms with Gasteiger partial charge in [0.1, 0.15) is 5.01 Å². The zero-order valence-corrected chi connectivity index (χ0v) is 10.8. The summed E-state index contributed by atoms with van der Waals surface area (Å²) in [7, 11) is 0. The summed E-state index contributed by atoms with van der Waals surface area (Å²) in [6.07, 6.45) is 3.39. The summed E-state index contributed by atoms with van der Waals surface area (Å²) in [5.74, 6) is 0. The highest BCUT2D eigenvalue weighted by molar-refractivity contribution is 7.16. The minimum absolute atomic E-state index is 0.217. The Morgan fingerprint density at radius 2 is 2.31 bits per heavy atom. The molecule has 0 fully saturated rings. The maximum atomic E-state index is 6.12. The summed E-state index contributed by atoms with van der Waals surface area (Å²) < 4.78 is 0. The molecule has 16 heavy (non-hydrogen) atoms. The fraction of sp³-hybridized carbons (Fsp3) is 0.417. The van der Waals surface area contributed by atoms with E-state index in [1.54, 1.807) is 22.7 Å².